The van der Waals surface area contributed by atoms with Gasteiger partial charge in [0.25, 0.3) is 11.8 Å². The van der Waals surface area contributed by atoms with Crippen molar-refractivity contribution in [3.63, 3.8) is 0 Å². The zero-order valence-electron chi connectivity index (χ0n) is 15.7. The monoisotopic (exact) mass is 390 g/mol. The minimum absolute atomic E-state index is 0.161. The molecule has 3 aromatic rings. The Kier molecular flexibility index (Phi) is 5.26. The predicted octanol–water partition coefficient (Wildman–Crippen LogP) is 5.44. The minimum atomic E-state index is -0.191. The van der Waals surface area contributed by atoms with Crippen LogP contribution in [-0.4, -0.2) is 11.8 Å². The van der Waals surface area contributed by atoms with Gasteiger partial charge in [0.15, 0.2) is 0 Å². The summed E-state index contributed by atoms with van der Waals surface area (Å²) in [6.07, 6.45) is 4.04. The molecule has 1 aromatic heterocycles. The first-order chi connectivity index (χ1) is 13.6. The van der Waals surface area contributed by atoms with Crippen molar-refractivity contribution >= 4 is 33.8 Å². The SMILES string of the molecule is Cc1ccc(NC(=O)c2c(NC(=O)c3ccccc3)sc3c2CCCC3)cc1. The standard InChI is InChI=1S/C23H22N2O2S/c1-15-11-13-17(14-12-15)24-22(27)20-18-9-5-6-10-19(18)28-23(20)25-21(26)16-7-3-2-4-8-16/h2-4,7-8,11-14H,5-6,9-10H2,1H3,(H,24,27)(H,25,26). The highest BCUT2D eigenvalue weighted by molar-refractivity contribution is 7.17. The number of hydrogen-bond donors (Lipinski definition) is 2. The molecular formula is C23H22N2O2S. The highest BCUT2D eigenvalue weighted by Gasteiger charge is 2.26. The Hall–Kier alpha value is -2.92. The Morgan fingerprint density at radius 1 is 0.857 bits per heavy atom. The molecule has 1 aliphatic rings. The molecule has 28 heavy (non-hydrogen) atoms. The molecule has 5 heteroatoms. The molecule has 0 saturated heterocycles. The van der Waals surface area contributed by atoms with Crippen LogP contribution in [0.25, 0.3) is 0 Å². The molecular weight excluding hydrogens is 368 g/mol. The van der Waals surface area contributed by atoms with Crippen LogP contribution in [0, 0.1) is 6.92 Å². The van der Waals surface area contributed by atoms with Crippen molar-refractivity contribution in [2.24, 2.45) is 0 Å². The van der Waals surface area contributed by atoms with E-state index in [1.54, 1.807) is 12.1 Å². The second kappa shape index (κ2) is 7.98. The third kappa shape index (κ3) is 3.85. The van der Waals surface area contributed by atoms with Gasteiger partial charge in [0.05, 0.1) is 5.56 Å². The van der Waals surface area contributed by atoms with E-state index in [1.807, 2.05) is 49.4 Å². The molecule has 0 fully saturated rings. The van der Waals surface area contributed by atoms with Gasteiger partial charge in [0.2, 0.25) is 0 Å². The van der Waals surface area contributed by atoms with Gasteiger partial charge in [-0.15, -0.1) is 11.3 Å². The van der Waals surface area contributed by atoms with Crippen molar-refractivity contribution in [2.75, 3.05) is 10.6 Å². The van der Waals surface area contributed by atoms with Gasteiger partial charge in [-0.1, -0.05) is 35.9 Å². The Bertz CT molecular complexity index is 1010. The quantitative estimate of drug-likeness (QED) is 0.623. The molecule has 0 unspecified atom stereocenters. The summed E-state index contributed by atoms with van der Waals surface area (Å²) in [5, 5.41) is 6.61. The van der Waals surface area contributed by atoms with E-state index < -0.39 is 0 Å². The molecule has 0 atom stereocenters. The Balaban J connectivity index is 1.65. The van der Waals surface area contributed by atoms with Crippen LogP contribution in [0.3, 0.4) is 0 Å². The van der Waals surface area contributed by atoms with Crippen molar-refractivity contribution in [3.8, 4) is 0 Å². The maximum absolute atomic E-state index is 13.1. The first-order valence-corrected chi connectivity index (χ1v) is 10.3. The van der Waals surface area contributed by atoms with E-state index in [1.165, 1.54) is 16.2 Å². The van der Waals surface area contributed by atoms with Crippen LogP contribution in [0.15, 0.2) is 54.6 Å². The van der Waals surface area contributed by atoms with Gasteiger partial charge in [-0.05, 0) is 62.4 Å². The van der Waals surface area contributed by atoms with E-state index in [4.69, 9.17) is 0 Å². The molecule has 4 rings (SSSR count). The molecule has 0 radical (unpaired) electrons. The molecule has 2 aromatic carbocycles. The lowest BCUT2D eigenvalue weighted by molar-refractivity contribution is 0.102. The normalized spacial score (nSPS) is 12.9. The molecule has 142 valence electrons. The van der Waals surface area contributed by atoms with Crippen LogP contribution in [-0.2, 0) is 12.8 Å². The van der Waals surface area contributed by atoms with E-state index in [0.29, 0.717) is 16.1 Å². The van der Waals surface area contributed by atoms with Gasteiger partial charge in [-0.2, -0.15) is 0 Å². The lowest BCUT2D eigenvalue weighted by atomic mass is 9.95. The first kappa shape index (κ1) is 18.4. The Morgan fingerprint density at radius 3 is 2.32 bits per heavy atom. The molecule has 1 heterocycles. The first-order valence-electron chi connectivity index (χ1n) is 9.51. The lowest BCUT2D eigenvalue weighted by Gasteiger charge is -2.13. The number of benzene rings is 2. The summed E-state index contributed by atoms with van der Waals surface area (Å²) in [5.74, 6) is -0.352. The van der Waals surface area contributed by atoms with E-state index in [-0.39, 0.29) is 11.8 Å². The van der Waals surface area contributed by atoms with E-state index in [9.17, 15) is 9.59 Å². The summed E-state index contributed by atoms with van der Waals surface area (Å²) in [5.41, 5.74) is 4.18. The van der Waals surface area contributed by atoms with Crippen molar-refractivity contribution in [2.45, 2.75) is 32.6 Å². The van der Waals surface area contributed by atoms with Crippen molar-refractivity contribution in [1.29, 1.82) is 0 Å². The van der Waals surface area contributed by atoms with Crippen molar-refractivity contribution in [3.05, 3.63) is 81.7 Å². The zero-order chi connectivity index (χ0) is 19.5. The van der Waals surface area contributed by atoms with Crippen LogP contribution in [0.4, 0.5) is 10.7 Å². The van der Waals surface area contributed by atoms with Crippen molar-refractivity contribution in [1.82, 2.24) is 0 Å². The number of anilines is 2. The van der Waals surface area contributed by atoms with E-state index in [0.717, 1.165) is 42.5 Å². The van der Waals surface area contributed by atoms with Crippen LogP contribution < -0.4 is 10.6 Å². The number of amides is 2. The second-order valence-electron chi connectivity index (χ2n) is 7.06. The van der Waals surface area contributed by atoms with Crippen LogP contribution in [0.1, 0.15) is 49.6 Å². The largest absolute Gasteiger partial charge is 0.322 e. The van der Waals surface area contributed by atoms with Crippen molar-refractivity contribution < 1.29 is 9.59 Å². The Morgan fingerprint density at radius 2 is 1.57 bits per heavy atom. The maximum Gasteiger partial charge on any atom is 0.258 e. The summed E-state index contributed by atoms with van der Waals surface area (Å²) < 4.78 is 0. The number of carbonyl (C=O) groups is 2. The fourth-order valence-corrected chi connectivity index (χ4v) is 4.77. The third-order valence-electron chi connectivity index (χ3n) is 4.97. The van der Waals surface area contributed by atoms with Gasteiger partial charge >= 0.3 is 0 Å². The summed E-state index contributed by atoms with van der Waals surface area (Å²) in [4.78, 5) is 27.0. The van der Waals surface area contributed by atoms with Gasteiger partial charge in [-0.25, -0.2) is 0 Å². The van der Waals surface area contributed by atoms with Crippen LogP contribution in [0.5, 0.6) is 0 Å². The number of carbonyl (C=O) groups excluding carboxylic acids is 2. The Labute approximate surface area is 168 Å². The maximum atomic E-state index is 13.1. The molecule has 0 bridgehead atoms. The summed E-state index contributed by atoms with van der Waals surface area (Å²) in [6.45, 7) is 2.01. The molecule has 1 aliphatic carbocycles. The zero-order valence-corrected chi connectivity index (χ0v) is 16.6. The highest BCUT2D eigenvalue weighted by Crippen LogP contribution is 2.38. The average Bonchev–Trinajstić information content (AvgIpc) is 3.08. The van der Waals surface area contributed by atoms with E-state index >= 15 is 0 Å². The van der Waals surface area contributed by atoms with E-state index in [2.05, 4.69) is 10.6 Å². The molecule has 0 aliphatic heterocycles. The summed E-state index contributed by atoms with van der Waals surface area (Å²) in [7, 11) is 0. The summed E-state index contributed by atoms with van der Waals surface area (Å²) >= 11 is 1.53. The number of rotatable bonds is 4. The molecule has 4 nitrogen and oxygen atoms in total. The minimum Gasteiger partial charge on any atom is -0.322 e. The number of nitrogens with one attached hydrogen (secondary N) is 2. The number of hydrogen-bond acceptors (Lipinski definition) is 3. The van der Waals surface area contributed by atoms with Gasteiger partial charge in [0, 0.05) is 16.1 Å². The number of fused-ring (bicyclic) bond motifs is 1. The second-order valence-corrected chi connectivity index (χ2v) is 8.16. The smallest absolute Gasteiger partial charge is 0.258 e. The molecule has 0 saturated carbocycles. The number of aryl methyl sites for hydroxylation is 2. The molecule has 2 N–H and O–H groups in total. The van der Waals surface area contributed by atoms with Gasteiger partial charge in [0.1, 0.15) is 5.00 Å². The molecule has 0 spiro atoms. The van der Waals surface area contributed by atoms with Gasteiger partial charge in [-0.3, -0.25) is 9.59 Å². The third-order valence-corrected chi connectivity index (χ3v) is 6.18. The van der Waals surface area contributed by atoms with Gasteiger partial charge < -0.3 is 10.6 Å². The lowest BCUT2D eigenvalue weighted by Crippen LogP contribution is -2.18. The summed E-state index contributed by atoms with van der Waals surface area (Å²) in [6, 6.07) is 16.8. The number of thiophene rings is 1. The highest BCUT2D eigenvalue weighted by atomic mass is 32.1. The average molecular weight is 391 g/mol. The fourth-order valence-electron chi connectivity index (χ4n) is 3.49. The molecule has 2 amide bonds. The fraction of sp³-hybridized carbons (Fsp3) is 0.217. The topological polar surface area (TPSA) is 58.2 Å². The van der Waals surface area contributed by atoms with Crippen LogP contribution in [0.2, 0.25) is 0 Å². The van der Waals surface area contributed by atoms with Crippen LogP contribution >= 0.6 is 11.3 Å². The predicted molar refractivity (Wildman–Crippen MR) is 114 cm³/mol.